The zero-order valence-corrected chi connectivity index (χ0v) is 6.28. The molecule has 0 aromatic rings. The van der Waals surface area contributed by atoms with E-state index in [0.717, 1.165) is 13.1 Å². The van der Waals surface area contributed by atoms with Crippen LogP contribution in [0.15, 0.2) is 12.3 Å². The molecule has 0 aliphatic heterocycles. The van der Waals surface area contributed by atoms with Crippen LogP contribution in [0.25, 0.3) is 0 Å². The van der Waals surface area contributed by atoms with Crippen molar-refractivity contribution in [1.82, 2.24) is 10.6 Å². The lowest BCUT2D eigenvalue weighted by molar-refractivity contribution is 0.727. The molecule has 0 heterocycles. The average molecular weight is 128 g/mol. The first-order valence-corrected chi connectivity index (χ1v) is 3.44. The van der Waals surface area contributed by atoms with Crippen LogP contribution in [0.3, 0.4) is 0 Å². The van der Waals surface area contributed by atoms with Crippen LogP contribution in [0.5, 0.6) is 0 Å². The van der Waals surface area contributed by atoms with Crippen molar-refractivity contribution < 1.29 is 0 Å². The normalized spacial score (nSPS) is 10.4. The van der Waals surface area contributed by atoms with Crippen molar-refractivity contribution in [3.63, 3.8) is 0 Å². The van der Waals surface area contributed by atoms with Gasteiger partial charge < -0.3 is 10.6 Å². The molecule has 0 atom stereocenters. The minimum absolute atomic E-state index is 0.967. The highest BCUT2D eigenvalue weighted by Crippen LogP contribution is 1.69. The standard InChI is InChI=1S/C7H16N2/c1-3-5-9-7-4-6-8-2/h4,6,8-9H,3,5,7H2,1-2H3. The van der Waals surface area contributed by atoms with Crippen LogP contribution in [0.1, 0.15) is 13.3 Å². The zero-order chi connectivity index (χ0) is 6.95. The summed E-state index contributed by atoms with van der Waals surface area (Å²) in [5.41, 5.74) is 0. The fourth-order valence-corrected chi connectivity index (χ4v) is 0.539. The van der Waals surface area contributed by atoms with Gasteiger partial charge in [-0.2, -0.15) is 0 Å². The molecule has 0 aliphatic rings. The molecule has 2 nitrogen and oxygen atoms in total. The summed E-state index contributed by atoms with van der Waals surface area (Å²) in [4.78, 5) is 0. The van der Waals surface area contributed by atoms with Crippen molar-refractivity contribution in [2.45, 2.75) is 13.3 Å². The zero-order valence-electron chi connectivity index (χ0n) is 6.28. The van der Waals surface area contributed by atoms with Gasteiger partial charge in [-0.15, -0.1) is 0 Å². The van der Waals surface area contributed by atoms with Gasteiger partial charge in [0.1, 0.15) is 0 Å². The van der Waals surface area contributed by atoms with Crippen molar-refractivity contribution in [2.24, 2.45) is 0 Å². The van der Waals surface area contributed by atoms with Crippen LogP contribution in [0, 0.1) is 0 Å². The maximum atomic E-state index is 3.24. The Morgan fingerprint density at radius 1 is 1.44 bits per heavy atom. The molecular formula is C7H16N2. The van der Waals surface area contributed by atoms with E-state index in [9.17, 15) is 0 Å². The lowest BCUT2D eigenvalue weighted by Crippen LogP contribution is -2.14. The van der Waals surface area contributed by atoms with Crippen molar-refractivity contribution in [1.29, 1.82) is 0 Å². The van der Waals surface area contributed by atoms with Crippen LogP contribution < -0.4 is 10.6 Å². The summed E-state index contributed by atoms with van der Waals surface area (Å²) < 4.78 is 0. The predicted octanol–water partition coefficient (Wildman–Crippen LogP) is 0.719. The van der Waals surface area contributed by atoms with Crippen LogP contribution in [0.4, 0.5) is 0 Å². The third kappa shape index (κ3) is 7.50. The second-order valence-corrected chi connectivity index (χ2v) is 1.90. The first-order valence-electron chi connectivity index (χ1n) is 3.44. The van der Waals surface area contributed by atoms with E-state index in [0.29, 0.717) is 0 Å². The topological polar surface area (TPSA) is 24.1 Å². The second kappa shape index (κ2) is 7.50. The van der Waals surface area contributed by atoms with E-state index in [1.54, 1.807) is 0 Å². The van der Waals surface area contributed by atoms with Crippen molar-refractivity contribution >= 4 is 0 Å². The highest BCUT2D eigenvalue weighted by molar-refractivity contribution is 4.79. The number of hydrogen-bond acceptors (Lipinski definition) is 2. The molecular weight excluding hydrogens is 112 g/mol. The van der Waals surface area contributed by atoms with Crippen molar-refractivity contribution in [2.75, 3.05) is 20.1 Å². The summed E-state index contributed by atoms with van der Waals surface area (Å²) in [6.07, 6.45) is 5.20. The van der Waals surface area contributed by atoms with E-state index >= 15 is 0 Å². The van der Waals surface area contributed by atoms with E-state index in [1.807, 2.05) is 13.2 Å². The summed E-state index contributed by atoms with van der Waals surface area (Å²) >= 11 is 0. The predicted molar refractivity (Wildman–Crippen MR) is 41.4 cm³/mol. The maximum absolute atomic E-state index is 3.24. The molecule has 0 saturated heterocycles. The Morgan fingerprint density at radius 2 is 2.22 bits per heavy atom. The lowest BCUT2D eigenvalue weighted by atomic mass is 10.5. The molecule has 0 aliphatic carbocycles. The molecule has 0 bridgehead atoms. The van der Waals surface area contributed by atoms with Gasteiger partial charge in [0.15, 0.2) is 0 Å². The minimum Gasteiger partial charge on any atom is -0.394 e. The fraction of sp³-hybridized carbons (Fsp3) is 0.714. The highest BCUT2D eigenvalue weighted by atomic mass is 14.8. The van der Waals surface area contributed by atoms with E-state index in [1.165, 1.54) is 6.42 Å². The smallest absolute Gasteiger partial charge is 0.0151 e. The van der Waals surface area contributed by atoms with Crippen LogP contribution in [-0.4, -0.2) is 20.1 Å². The molecule has 2 N–H and O–H groups in total. The van der Waals surface area contributed by atoms with Crippen LogP contribution >= 0.6 is 0 Å². The Bertz CT molecular complexity index is 69.3. The Balaban J connectivity index is 2.82. The summed E-state index contributed by atoms with van der Waals surface area (Å²) in [7, 11) is 1.90. The molecule has 0 saturated carbocycles. The molecule has 0 aromatic carbocycles. The molecule has 0 fully saturated rings. The number of rotatable bonds is 5. The van der Waals surface area contributed by atoms with Gasteiger partial charge in [0.25, 0.3) is 0 Å². The fourth-order valence-electron chi connectivity index (χ4n) is 0.539. The van der Waals surface area contributed by atoms with E-state index < -0.39 is 0 Å². The molecule has 0 spiro atoms. The Morgan fingerprint density at radius 3 is 2.78 bits per heavy atom. The highest BCUT2D eigenvalue weighted by Gasteiger charge is 1.75. The summed E-state index contributed by atoms with van der Waals surface area (Å²) in [5, 5.41) is 6.17. The van der Waals surface area contributed by atoms with Gasteiger partial charge >= 0.3 is 0 Å². The molecule has 0 amide bonds. The second-order valence-electron chi connectivity index (χ2n) is 1.90. The van der Waals surface area contributed by atoms with Crippen LogP contribution in [-0.2, 0) is 0 Å². The third-order valence-corrected chi connectivity index (χ3v) is 0.973. The molecule has 2 heteroatoms. The van der Waals surface area contributed by atoms with Gasteiger partial charge in [-0.3, -0.25) is 0 Å². The van der Waals surface area contributed by atoms with Gasteiger partial charge in [0.05, 0.1) is 0 Å². The molecule has 0 rings (SSSR count). The number of hydrogen-bond donors (Lipinski definition) is 2. The molecule has 0 unspecified atom stereocenters. The lowest BCUT2D eigenvalue weighted by Gasteiger charge is -1.95. The molecule has 0 radical (unpaired) electrons. The van der Waals surface area contributed by atoms with Crippen molar-refractivity contribution in [3.05, 3.63) is 12.3 Å². The Hall–Kier alpha value is -0.500. The summed E-state index contributed by atoms with van der Waals surface area (Å²) in [6.45, 7) is 4.23. The van der Waals surface area contributed by atoms with Gasteiger partial charge in [-0.1, -0.05) is 13.0 Å². The summed E-state index contributed by atoms with van der Waals surface area (Å²) in [6, 6.07) is 0. The van der Waals surface area contributed by atoms with E-state index in [4.69, 9.17) is 0 Å². The minimum atomic E-state index is 0.967. The van der Waals surface area contributed by atoms with E-state index in [2.05, 4.69) is 23.6 Å². The van der Waals surface area contributed by atoms with Gasteiger partial charge in [0.2, 0.25) is 0 Å². The maximum Gasteiger partial charge on any atom is 0.0151 e. The monoisotopic (exact) mass is 128 g/mol. The molecule has 0 aromatic heterocycles. The van der Waals surface area contributed by atoms with Gasteiger partial charge in [-0.25, -0.2) is 0 Å². The largest absolute Gasteiger partial charge is 0.394 e. The Kier molecular flexibility index (Phi) is 7.08. The molecule has 54 valence electrons. The van der Waals surface area contributed by atoms with Crippen molar-refractivity contribution in [3.8, 4) is 0 Å². The number of nitrogens with one attached hydrogen (secondary N) is 2. The van der Waals surface area contributed by atoms with E-state index in [-0.39, 0.29) is 0 Å². The quantitative estimate of drug-likeness (QED) is 0.533. The Labute approximate surface area is 57.3 Å². The van der Waals surface area contributed by atoms with Gasteiger partial charge in [0, 0.05) is 13.6 Å². The van der Waals surface area contributed by atoms with Crippen LogP contribution in [0.2, 0.25) is 0 Å². The summed E-state index contributed by atoms with van der Waals surface area (Å²) in [5.74, 6) is 0. The third-order valence-electron chi connectivity index (χ3n) is 0.973. The first-order chi connectivity index (χ1) is 4.41. The first kappa shape index (κ1) is 8.50. The average Bonchev–Trinajstić information content (AvgIpc) is 1.89. The van der Waals surface area contributed by atoms with Gasteiger partial charge in [-0.05, 0) is 19.2 Å². The SMILES string of the molecule is CCCNCC=CNC. The molecule has 9 heavy (non-hydrogen) atoms.